The van der Waals surface area contributed by atoms with E-state index in [0.717, 1.165) is 17.8 Å². The summed E-state index contributed by atoms with van der Waals surface area (Å²) in [6.45, 7) is 11.5. The number of hydrogen-bond acceptors (Lipinski definition) is 1. The van der Waals surface area contributed by atoms with Crippen LogP contribution in [-0.2, 0) is 0 Å². The smallest absolute Gasteiger partial charge is 0.0455 e. The van der Waals surface area contributed by atoms with Gasteiger partial charge in [0.15, 0.2) is 0 Å². The first-order valence-corrected chi connectivity index (χ1v) is 7.36. The van der Waals surface area contributed by atoms with Gasteiger partial charge in [-0.25, -0.2) is 0 Å². The summed E-state index contributed by atoms with van der Waals surface area (Å²) in [5.41, 5.74) is 1.95. The number of nitrogens with zero attached hydrogens (tertiary/aromatic N) is 1. The highest BCUT2D eigenvalue weighted by Gasteiger charge is 2.05. The summed E-state index contributed by atoms with van der Waals surface area (Å²) in [7, 11) is 0. The number of alkyl halides is 1. The molecule has 0 saturated heterocycles. The molecule has 0 fully saturated rings. The third kappa shape index (κ3) is 5.45. The van der Waals surface area contributed by atoms with Gasteiger partial charge in [-0.1, -0.05) is 71.6 Å². The van der Waals surface area contributed by atoms with Crippen molar-refractivity contribution in [2.45, 2.75) is 11.2 Å². The van der Waals surface area contributed by atoms with Gasteiger partial charge in [-0.15, -0.1) is 6.58 Å². The molecule has 0 N–H and O–H groups in total. The molecule has 2 heteroatoms. The van der Waals surface area contributed by atoms with Crippen molar-refractivity contribution < 1.29 is 0 Å². The van der Waals surface area contributed by atoms with Gasteiger partial charge in [0.25, 0.3) is 0 Å². The van der Waals surface area contributed by atoms with Gasteiger partial charge < -0.3 is 4.90 Å². The number of anilines is 1. The summed E-state index contributed by atoms with van der Waals surface area (Å²) in [6, 6.07) is 10.1. The van der Waals surface area contributed by atoms with Crippen LogP contribution in [0.1, 0.15) is 6.42 Å². The summed E-state index contributed by atoms with van der Waals surface area (Å²) in [6.07, 6.45) is 12.4. The van der Waals surface area contributed by atoms with E-state index in [-0.39, 0.29) is 4.83 Å². The molecule has 0 aromatic heterocycles. The lowest BCUT2D eigenvalue weighted by Crippen LogP contribution is -2.13. The first-order valence-electron chi connectivity index (χ1n) is 6.44. The van der Waals surface area contributed by atoms with Crippen LogP contribution in [-0.4, -0.2) is 4.83 Å². The Kier molecular flexibility index (Phi) is 7.44. The average molecular weight is 330 g/mol. The van der Waals surface area contributed by atoms with Crippen molar-refractivity contribution in [2.75, 3.05) is 4.90 Å². The van der Waals surface area contributed by atoms with E-state index in [1.54, 1.807) is 6.08 Å². The van der Waals surface area contributed by atoms with E-state index in [9.17, 15) is 0 Å². The molecule has 1 nitrogen and oxygen atoms in total. The minimum absolute atomic E-state index is 0.266. The molecule has 1 aromatic carbocycles. The fourth-order valence-electron chi connectivity index (χ4n) is 1.61. The Morgan fingerprint density at radius 2 is 1.95 bits per heavy atom. The summed E-state index contributed by atoms with van der Waals surface area (Å²) >= 11 is 3.59. The van der Waals surface area contributed by atoms with Crippen molar-refractivity contribution in [3.63, 3.8) is 0 Å². The molecule has 0 aliphatic carbocycles. The van der Waals surface area contributed by atoms with Crippen molar-refractivity contribution in [3.8, 4) is 0 Å². The van der Waals surface area contributed by atoms with Crippen LogP contribution in [0.2, 0.25) is 0 Å². The molecule has 0 radical (unpaired) electrons. The van der Waals surface area contributed by atoms with E-state index in [4.69, 9.17) is 0 Å². The first-order chi connectivity index (χ1) is 9.69. The number of hydrogen-bond donors (Lipinski definition) is 0. The van der Waals surface area contributed by atoms with Gasteiger partial charge in [-0.3, -0.25) is 0 Å². The van der Waals surface area contributed by atoms with Gasteiger partial charge in [0, 0.05) is 22.4 Å². The third-order valence-corrected chi connectivity index (χ3v) is 3.28. The molecule has 0 spiro atoms. The van der Waals surface area contributed by atoms with Crippen LogP contribution in [0.4, 0.5) is 5.69 Å². The van der Waals surface area contributed by atoms with Crippen molar-refractivity contribution in [2.24, 2.45) is 0 Å². The molecule has 0 aliphatic rings. The highest BCUT2D eigenvalue weighted by atomic mass is 79.9. The molecule has 0 heterocycles. The largest absolute Gasteiger partial charge is 0.318 e. The normalized spacial score (nSPS) is 12.4. The van der Waals surface area contributed by atoms with Crippen molar-refractivity contribution in [3.05, 3.63) is 92.3 Å². The van der Waals surface area contributed by atoms with Gasteiger partial charge in [-0.2, -0.15) is 0 Å². The number of halogens is 1. The molecule has 104 valence electrons. The van der Waals surface area contributed by atoms with Gasteiger partial charge in [0.05, 0.1) is 0 Å². The lowest BCUT2D eigenvalue weighted by Gasteiger charge is -2.21. The fraction of sp³-hybridized carbons (Fsp3) is 0.111. The second-order valence-electron chi connectivity index (χ2n) is 4.17. The van der Waals surface area contributed by atoms with Crippen LogP contribution in [0.15, 0.2) is 92.3 Å². The number of allylic oxidation sites excluding steroid dienone is 5. The molecule has 1 rings (SSSR count). The zero-order valence-corrected chi connectivity index (χ0v) is 13.2. The molecule has 1 atom stereocenters. The standard InChI is InChI=1S/C18H20BrN/c1-4-6-11-16(3)20(15-14-17(19)10-5-2)18-12-8-7-9-13-18/h4-9,11-15,17H,1-3,10H2/b11-6-,15-14+. The minimum Gasteiger partial charge on any atom is -0.318 e. The maximum atomic E-state index is 4.10. The van der Waals surface area contributed by atoms with Crippen LogP contribution >= 0.6 is 15.9 Å². The lowest BCUT2D eigenvalue weighted by molar-refractivity contribution is 1.08. The summed E-state index contributed by atoms with van der Waals surface area (Å²) in [5.74, 6) is 0. The molecule has 0 bridgehead atoms. The van der Waals surface area contributed by atoms with E-state index in [2.05, 4.69) is 41.7 Å². The van der Waals surface area contributed by atoms with Gasteiger partial charge in [-0.05, 0) is 24.6 Å². The zero-order chi connectivity index (χ0) is 14.8. The number of benzene rings is 1. The molecular weight excluding hydrogens is 310 g/mol. The zero-order valence-electron chi connectivity index (χ0n) is 11.6. The van der Waals surface area contributed by atoms with Gasteiger partial charge in [0.2, 0.25) is 0 Å². The molecule has 20 heavy (non-hydrogen) atoms. The Hall–Kier alpha value is -1.80. The molecular formula is C18H20BrN. The van der Waals surface area contributed by atoms with Crippen LogP contribution in [0.5, 0.6) is 0 Å². The number of rotatable bonds is 8. The summed E-state index contributed by atoms with van der Waals surface area (Å²) in [4.78, 5) is 2.31. The van der Waals surface area contributed by atoms with Gasteiger partial charge >= 0.3 is 0 Å². The Balaban J connectivity index is 2.96. The molecule has 1 aromatic rings. The highest BCUT2D eigenvalue weighted by Crippen LogP contribution is 2.20. The quantitative estimate of drug-likeness (QED) is 0.340. The summed E-state index contributed by atoms with van der Waals surface area (Å²) in [5, 5.41) is 0. The van der Waals surface area contributed by atoms with Crippen LogP contribution < -0.4 is 4.90 Å². The molecule has 1 unspecified atom stereocenters. The van der Waals surface area contributed by atoms with Crippen molar-refractivity contribution in [1.29, 1.82) is 0 Å². The highest BCUT2D eigenvalue weighted by molar-refractivity contribution is 9.09. The Labute approximate surface area is 130 Å². The van der Waals surface area contributed by atoms with E-state index in [0.29, 0.717) is 0 Å². The van der Waals surface area contributed by atoms with E-state index < -0.39 is 0 Å². The average Bonchev–Trinajstić information content (AvgIpc) is 2.46. The Morgan fingerprint density at radius 1 is 1.25 bits per heavy atom. The monoisotopic (exact) mass is 329 g/mol. The van der Waals surface area contributed by atoms with E-state index in [1.807, 2.05) is 59.7 Å². The van der Waals surface area contributed by atoms with Crippen LogP contribution in [0, 0.1) is 0 Å². The summed E-state index contributed by atoms with van der Waals surface area (Å²) < 4.78 is 0. The molecule has 0 amide bonds. The SMILES string of the molecule is C=C/C=C\C(=C)N(/C=C/C(Br)CC=C)c1ccccc1. The predicted octanol–water partition coefficient (Wildman–Crippen LogP) is 5.60. The maximum absolute atomic E-state index is 4.10. The van der Waals surface area contributed by atoms with Crippen LogP contribution in [0.25, 0.3) is 0 Å². The van der Waals surface area contributed by atoms with Crippen LogP contribution in [0.3, 0.4) is 0 Å². The molecule has 0 aliphatic heterocycles. The van der Waals surface area contributed by atoms with E-state index >= 15 is 0 Å². The first kappa shape index (κ1) is 16.3. The topological polar surface area (TPSA) is 3.24 Å². The molecule has 0 saturated carbocycles. The second-order valence-corrected chi connectivity index (χ2v) is 5.35. The number of para-hydroxylation sites is 1. The third-order valence-electron chi connectivity index (χ3n) is 2.60. The second kappa shape index (κ2) is 9.16. The van der Waals surface area contributed by atoms with Crippen molar-refractivity contribution >= 4 is 21.6 Å². The van der Waals surface area contributed by atoms with Gasteiger partial charge in [0.1, 0.15) is 0 Å². The predicted molar refractivity (Wildman–Crippen MR) is 94.1 cm³/mol. The fourth-order valence-corrected chi connectivity index (χ4v) is 2.01. The Morgan fingerprint density at radius 3 is 2.55 bits per heavy atom. The minimum atomic E-state index is 0.266. The Bertz CT molecular complexity index is 499. The van der Waals surface area contributed by atoms with Crippen molar-refractivity contribution in [1.82, 2.24) is 0 Å². The lowest BCUT2D eigenvalue weighted by atomic mass is 10.2. The maximum Gasteiger partial charge on any atom is 0.0455 e. The van der Waals surface area contributed by atoms with E-state index in [1.165, 1.54) is 0 Å².